The van der Waals surface area contributed by atoms with E-state index in [9.17, 15) is 4.39 Å². The van der Waals surface area contributed by atoms with Crippen LogP contribution in [0.1, 0.15) is 45.7 Å². The van der Waals surface area contributed by atoms with Gasteiger partial charge in [0.2, 0.25) is 0 Å². The van der Waals surface area contributed by atoms with Gasteiger partial charge >= 0.3 is 0 Å². The minimum absolute atomic E-state index is 0.00342. The van der Waals surface area contributed by atoms with Crippen LogP contribution in [0.15, 0.2) is 18.2 Å². The van der Waals surface area contributed by atoms with Crippen LogP contribution in [0.4, 0.5) is 10.1 Å². The monoisotopic (exact) mass is 252 g/mol. The molecule has 1 N–H and O–H groups in total. The van der Waals surface area contributed by atoms with E-state index in [-0.39, 0.29) is 17.4 Å². The van der Waals surface area contributed by atoms with Gasteiger partial charge < -0.3 is 10.2 Å². The molecule has 2 nitrogen and oxygen atoms in total. The maximum Gasteiger partial charge on any atom is 0.130 e. The second-order valence-electron chi connectivity index (χ2n) is 5.41. The molecule has 1 aromatic carbocycles. The molecule has 3 heteroatoms. The van der Waals surface area contributed by atoms with Gasteiger partial charge in [-0.3, -0.25) is 0 Å². The topological polar surface area (TPSA) is 15.3 Å². The van der Waals surface area contributed by atoms with Gasteiger partial charge in [-0.15, -0.1) is 0 Å². The third-order valence-electron chi connectivity index (χ3n) is 4.03. The van der Waals surface area contributed by atoms with Gasteiger partial charge in [-0.1, -0.05) is 13.0 Å². The number of hydrogen-bond acceptors (Lipinski definition) is 2. The van der Waals surface area contributed by atoms with E-state index in [1.54, 1.807) is 6.07 Å². The number of rotatable bonds is 5. The molecule has 1 unspecified atom stereocenters. The van der Waals surface area contributed by atoms with Gasteiger partial charge in [0.05, 0.1) is 0 Å². The molecular formula is C15H25FN2. The highest BCUT2D eigenvalue weighted by atomic mass is 19.1. The Morgan fingerprint density at radius 2 is 2.00 bits per heavy atom. The van der Waals surface area contributed by atoms with Crippen molar-refractivity contribution in [2.45, 2.75) is 45.7 Å². The fraction of sp³-hybridized carbons (Fsp3) is 0.600. The van der Waals surface area contributed by atoms with Crippen LogP contribution in [-0.2, 0) is 0 Å². The summed E-state index contributed by atoms with van der Waals surface area (Å²) < 4.78 is 14.1. The minimum Gasteiger partial charge on any atom is -0.369 e. The van der Waals surface area contributed by atoms with E-state index in [1.807, 2.05) is 27.1 Å². The van der Waals surface area contributed by atoms with E-state index in [2.05, 4.69) is 31.0 Å². The maximum atomic E-state index is 14.1. The summed E-state index contributed by atoms with van der Waals surface area (Å²) in [5.41, 5.74) is 1.71. The summed E-state index contributed by atoms with van der Waals surface area (Å²) in [5.74, 6) is -0.145. The zero-order valence-electron chi connectivity index (χ0n) is 12.3. The molecule has 0 amide bonds. The molecule has 0 aliphatic carbocycles. The lowest BCUT2D eigenvalue weighted by atomic mass is 9.96. The average Bonchev–Trinajstić information content (AvgIpc) is 2.36. The summed E-state index contributed by atoms with van der Waals surface area (Å²) in [6, 6.07) is 5.29. The van der Waals surface area contributed by atoms with E-state index in [1.165, 1.54) is 6.07 Å². The molecule has 0 radical (unpaired) electrons. The lowest BCUT2D eigenvalue weighted by Crippen LogP contribution is -2.41. The van der Waals surface area contributed by atoms with Gasteiger partial charge in [-0.2, -0.15) is 0 Å². The first-order chi connectivity index (χ1) is 8.35. The molecule has 1 rings (SSSR count). The van der Waals surface area contributed by atoms with Crippen molar-refractivity contribution < 1.29 is 4.39 Å². The van der Waals surface area contributed by atoms with Crippen LogP contribution in [0.2, 0.25) is 0 Å². The molecule has 0 saturated carbocycles. The van der Waals surface area contributed by atoms with E-state index in [0.29, 0.717) is 0 Å². The van der Waals surface area contributed by atoms with Gasteiger partial charge in [0.25, 0.3) is 0 Å². The molecule has 0 aromatic heterocycles. The number of halogens is 1. The van der Waals surface area contributed by atoms with Crippen molar-refractivity contribution >= 4 is 5.69 Å². The minimum atomic E-state index is -0.145. The number of hydrogen-bond donors (Lipinski definition) is 1. The van der Waals surface area contributed by atoms with Gasteiger partial charge in [-0.25, -0.2) is 4.39 Å². The van der Waals surface area contributed by atoms with Crippen LogP contribution in [0.25, 0.3) is 0 Å². The molecule has 18 heavy (non-hydrogen) atoms. The Bertz CT molecular complexity index is 401. The smallest absolute Gasteiger partial charge is 0.130 e. The lowest BCUT2D eigenvalue weighted by molar-refractivity contribution is 0.465. The molecule has 0 bridgehead atoms. The zero-order chi connectivity index (χ0) is 13.9. The van der Waals surface area contributed by atoms with E-state index in [4.69, 9.17) is 0 Å². The highest BCUT2D eigenvalue weighted by molar-refractivity contribution is 5.56. The van der Waals surface area contributed by atoms with Gasteiger partial charge in [0.1, 0.15) is 5.82 Å². The van der Waals surface area contributed by atoms with Crippen LogP contribution in [0, 0.1) is 5.82 Å². The first-order valence-corrected chi connectivity index (χ1v) is 6.54. The van der Waals surface area contributed by atoms with Crippen molar-refractivity contribution in [3.8, 4) is 0 Å². The quantitative estimate of drug-likeness (QED) is 0.859. The molecule has 102 valence electrons. The second kappa shape index (κ2) is 5.70. The Hall–Kier alpha value is -1.09. The van der Waals surface area contributed by atoms with Crippen LogP contribution in [0.3, 0.4) is 0 Å². The predicted octanol–water partition coefficient (Wildman–Crippen LogP) is 3.73. The summed E-state index contributed by atoms with van der Waals surface area (Å²) in [5, 5.41) is 3.12. The summed E-state index contributed by atoms with van der Waals surface area (Å²) in [6.45, 7) is 8.48. The molecule has 0 aliphatic heterocycles. The number of benzene rings is 1. The predicted molar refractivity (Wildman–Crippen MR) is 76.6 cm³/mol. The molecule has 0 saturated heterocycles. The summed E-state index contributed by atoms with van der Waals surface area (Å²) >= 11 is 0. The van der Waals surface area contributed by atoms with Crippen LogP contribution in [0.5, 0.6) is 0 Å². The van der Waals surface area contributed by atoms with Crippen LogP contribution < -0.4 is 10.2 Å². The number of nitrogens with zero attached hydrogens (tertiary/aromatic N) is 1. The SMILES string of the molecule is CCC(C)(C)N(C)c1cccc(F)c1C(C)NC. The first kappa shape index (κ1) is 15.0. The molecule has 0 spiro atoms. The van der Waals surface area contributed by atoms with Crippen molar-refractivity contribution in [3.05, 3.63) is 29.6 Å². The Morgan fingerprint density at radius 3 is 2.50 bits per heavy atom. The maximum absolute atomic E-state index is 14.1. The molecule has 0 fully saturated rings. The summed E-state index contributed by atoms with van der Waals surface area (Å²) in [4.78, 5) is 2.17. The van der Waals surface area contributed by atoms with Gasteiger partial charge in [0, 0.05) is 29.9 Å². The van der Waals surface area contributed by atoms with Crippen LogP contribution in [-0.4, -0.2) is 19.6 Å². The zero-order valence-corrected chi connectivity index (χ0v) is 12.3. The van der Waals surface area contributed by atoms with Gasteiger partial charge in [-0.05, 0) is 46.4 Å². The molecule has 0 heterocycles. The van der Waals surface area contributed by atoms with Crippen molar-refractivity contribution in [1.29, 1.82) is 0 Å². The Balaban J connectivity index is 3.28. The number of nitrogens with one attached hydrogen (secondary N) is 1. The Morgan fingerprint density at radius 1 is 1.39 bits per heavy atom. The summed E-state index contributed by atoms with van der Waals surface area (Å²) in [7, 11) is 3.88. The van der Waals surface area contributed by atoms with E-state index in [0.717, 1.165) is 17.7 Å². The largest absolute Gasteiger partial charge is 0.369 e. The molecule has 0 aliphatic rings. The third kappa shape index (κ3) is 2.83. The van der Waals surface area contributed by atoms with Crippen molar-refractivity contribution in [1.82, 2.24) is 5.32 Å². The molecular weight excluding hydrogens is 227 g/mol. The first-order valence-electron chi connectivity index (χ1n) is 6.54. The fourth-order valence-electron chi connectivity index (χ4n) is 1.95. The van der Waals surface area contributed by atoms with E-state index >= 15 is 0 Å². The lowest BCUT2D eigenvalue weighted by Gasteiger charge is -2.38. The Labute approximate surface area is 110 Å². The van der Waals surface area contributed by atoms with Gasteiger partial charge in [0.15, 0.2) is 0 Å². The second-order valence-corrected chi connectivity index (χ2v) is 5.41. The Kier molecular flexibility index (Phi) is 4.74. The highest BCUT2D eigenvalue weighted by Gasteiger charge is 2.25. The highest BCUT2D eigenvalue weighted by Crippen LogP contribution is 2.32. The standard InChI is InChI=1S/C15H25FN2/c1-7-15(3,4)18(6)13-10-8-9-12(16)14(13)11(2)17-5/h8-11,17H,7H2,1-6H3. The van der Waals surface area contributed by atoms with E-state index < -0.39 is 0 Å². The third-order valence-corrected chi connectivity index (χ3v) is 4.03. The fourth-order valence-corrected chi connectivity index (χ4v) is 1.95. The van der Waals surface area contributed by atoms with Crippen molar-refractivity contribution in [3.63, 3.8) is 0 Å². The number of anilines is 1. The normalized spacial score (nSPS) is 13.5. The van der Waals surface area contributed by atoms with Crippen molar-refractivity contribution in [2.75, 3.05) is 19.0 Å². The molecule has 1 atom stereocenters. The van der Waals surface area contributed by atoms with Crippen LogP contribution >= 0.6 is 0 Å². The van der Waals surface area contributed by atoms with Crippen molar-refractivity contribution in [2.24, 2.45) is 0 Å². The summed E-state index contributed by atoms with van der Waals surface area (Å²) in [6.07, 6.45) is 1.01. The molecule has 1 aromatic rings. The average molecular weight is 252 g/mol.